The first-order valence-electron chi connectivity index (χ1n) is 5.79. The summed E-state index contributed by atoms with van der Waals surface area (Å²) in [4.78, 5) is 0. The van der Waals surface area contributed by atoms with E-state index in [1.54, 1.807) is 16.9 Å². The summed E-state index contributed by atoms with van der Waals surface area (Å²) in [5, 5.41) is 19.8. The zero-order valence-corrected chi connectivity index (χ0v) is 12.0. The van der Waals surface area contributed by atoms with Crippen LogP contribution in [0.2, 0.25) is 0 Å². The average Bonchev–Trinajstić information content (AvgIpc) is 2.80. The van der Waals surface area contributed by atoms with Crippen LogP contribution < -0.4 is 5.32 Å². The van der Waals surface area contributed by atoms with Gasteiger partial charge in [-0.2, -0.15) is 0 Å². The maximum absolute atomic E-state index is 13.3. The zero-order chi connectivity index (χ0) is 13.8. The lowest BCUT2D eigenvalue weighted by molar-refractivity contribution is 0.268. The number of hydrogen-bond acceptors (Lipinski definition) is 4. The van der Waals surface area contributed by atoms with Crippen molar-refractivity contribution < 1.29 is 9.50 Å². The normalized spacial score (nSPS) is 10.7. The molecule has 1 aromatic heterocycles. The van der Waals surface area contributed by atoms with E-state index >= 15 is 0 Å². The van der Waals surface area contributed by atoms with E-state index in [-0.39, 0.29) is 12.4 Å². The van der Waals surface area contributed by atoms with Crippen LogP contribution in [0.25, 0.3) is 0 Å². The fraction of sp³-hybridized carbons (Fsp3) is 0.333. The molecule has 2 N–H and O–H groups in total. The molecule has 0 unspecified atom stereocenters. The largest absolute Gasteiger partial charge is 0.394 e. The number of nitrogens with one attached hydrogen (secondary N) is 1. The lowest BCUT2D eigenvalue weighted by atomic mass is 10.2. The topological polar surface area (TPSA) is 63.0 Å². The summed E-state index contributed by atoms with van der Waals surface area (Å²) in [7, 11) is 0. The van der Waals surface area contributed by atoms with Crippen molar-refractivity contribution in [3.63, 3.8) is 0 Å². The van der Waals surface area contributed by atoms with Crippen LogP contribution in [0.1, 0.15) is 11.3 Å². The van der Waals surface area contributed by atoms with Gasteiger partial charge in [0.25, 0.3) is 0 Å². The van der Waals surface area contributed by atoms with E-state index < -0.39 is 0 Å². The SMILES string of the molecule is Cc1cc(F)c(Br)cc1NCc1cn(CCO)nn1. The molecule has 0 radical (unpaired) electrons. The summed E-state index contributed by atoms with van der Waals surface area (Å²) in [5.41, 5.74) is 2.42. The summed E-state index contributed by atoms with van der Waals surface area (Å²) in [6.45, 7) is 2.78. The molecule has 19 heavy (non-hydrogen) atoms. The van der Waals surface area contributed by atoms with Crippen molar-refractivity contribution >= 4 is 21.6 Å². The molecule has 0 aliphatic carbocycles. The van der Waals surface area contributed by atoms with Gasteiger partial charge < -0.3 is 10.4 Å². The lowest BCUT2D eigenvalue weighted by Gasteiger charge is -2.09. The number of aliphatic hydroxyl groups is 1. The van der Waals surface area contributed by atoms with Crippen molar-refractivity contribution in [2.45, 2.75) is 20.0 Å². The maximum atomic E-state index is 13.3. The third kappa shape index (κ3) is 3.51. The molecule has 0 aliphatic rings. The molecule has 1 aromatic carbocycles. The number of aliphatic hydroxyl groups excluding tert-OH is 1. The Bertz CT molecular complexity index is 573. The standard InChI is InChI=1S/C12H14BrFN4O/c1-8-4-11(14)10(13)5-12(8)15-6-9-7-18(2-3-19)17-16-9/h4-5,7,15,19H,2-3,6H2,1H3. The van der Waals surface area contributed by atoms with Crippen LogP contribution in [-0.4, -0.2) is 26.7 Å². The van der Waals surface area contributed by atoms with E-state index in [4.69, 9.17) is 5.11 Å². The highest BCUT2D eigenvalue weighted by atomic mass is 79.9. The minimum absolute atomic E-state index is 0.0280. The molecule has 0 amide bonds. The van der Waals surface area contributed by atoms with Crippen molar-refractivity contribution in [3.05, 3.63) is 39.9 Å². The summed E-state index contributed by atoms with van der Waals surface area (Å²) < 4.78 is 15.3. The molecule has 102 valence electrons. The number of aryl methyl sites for hydroxylation is 1. The van der Waals surface area contributed by atoms with Crippen LogP contribution in [0.5, 0.6) is 0 Å². The molecular weight excluding hydrogens is 315 g/mol. The number of benzene rings is 1. The van der Waals surface area contributed by atoms with E-state index in [1.807, 2.05) is 6.92 Å². The summed E-state index contributed by atoms with van der Waals surface area (Å²) >= 11 is 3.16. The van der Waals surface area contributed by atoms with E-state index in [0.717, 1.165) is 16.9 Å². The van der Waals surface area contributed by atoms with Gasteiger partial charge in [-0.3, -0.25) is 0 Å². The van der Waals surface area contributed by atoms with Gasteiger partial charge in [0.1, 0.15) is 11.5 Å². The van der Waals surface area contributed by atoms with Gasteiger partial charge in [-0.25, -0.2) is 9.07 Å². The van der Waals surface area contributed by atoms with Crippen LogP contribution in [0.3, 0.4) is 0 Å². The smallest absolute Gasteiger partial charge is 0.137 e. The van der Waals surface area contributed by atoms with Gasteiger partial charge in [0.15, 0.2) is 0 Å². The fourth-order valence-electron chi connectivity index (χ4n) is 1.65. The number of hydrogen-bond donors (Lipinski definition) is 2. The number of rotatable bonds is 5. The molecule has 5 nitrogen and oxygen atoms in total. The van der Waals surface area contributed by atoms with Gasteiger partial charge in [-0.05, 0) is 40.5 Å². The Hall–Kier alpha value is -1.47. The van der Waals surface area contributed by atoms with Gasteiger partial charge in [0.2, 0.25) is 0 Å². The van der Waals surface area contributed by atoms with Crippen LogP contribution in [0.4, 0.5) is 10.1 Å². The molecule has 0 aliphatic heterocycles. The number of halogens is 2. The molecule has 0 fully saturated rings. The molecule has 2 rings (SSSR count). The Morgan fingerprint density at radius 1 is 1.47 bits per heavy atom. The second kappa shape index (κ2) is 6.12. The minimum Gasteiger partial charge on any atom is -0.394 e. The molecule has 0 atom stereocenters. The highest BCUT2D eigenvalue weighted by Gasteiger charge is 2.06. The molecule has 0 saturated carbocycles. The van der Waals surface area contributed by atoms with Crippen LogP contribution in [0.15, 0.2) is 22.8 Å². The number of aromatic nitrogens is 3. The predicted molar refractivity (Wildman–Crippen MR) is 73.3 cm³/mol. The van der Waals surface area contributed by atoms with Crippen molar-refractivity contribution in [1.82, 2.24) is 15.0 Å². The molecule has 7 heteroatoms. The second-order valence-electron chi connectivity index (χ2n) is 4.13. The van der Waals surface area contributed by atoms with Crippen molar-refractivity contribution in [2.75, 3.05) is 11.9 Å². The quantitative estimate of drug-likeness (QED) is 0.882. The zero-order valence-electron chi connectivity index (χ0n) is 10.4. The second-order valence-corrected chi connectivity index (χ2v) is 4.99. The average molecular weight is 329 g/mol. The Morgan fingerprint density at radius 2 is 2.26 bits per heavy atom. The van der Waals surface area contributed by atoms with E-state index in [1.165, 1.54) is 6.07 Å². The van der Waals surface area contributed by atoms with Gasteiger partial charge >= 0.3 is 0 Å². The minimum atomic E-state index is -0.281. The monoisotopic (exact) mass is 328 g/mol. The number of nitrogens with zero attached hydrogens (tertiary/aromatic N) is 3. The van der Waals surface area contributed by atoms with Crippen LogP contribution in [0, 0.1) is 12.7 Å². The lowest BCUT2D eigenvalue weighted by Crippen LogP contribution is -2.03. The third-order valence-corrected chi connectivity index (χ3v) is 3.25. The summed E-state index contributed by atoms with van der Waals surface area (Å²) in [6, 6.07) is 3.16. The van der Waals surface area contributed by atoms with Crippen LogP contribution >= 0.6 is 15.9 Å². The van der Waals surface area contributed by atoms with Crippen molar-refractivity contribution in [2.24, 2.45) is 0 Å². The molecular formula is C12H14BrFN4O. The predicted octanol–water partition coefficient (Wildman–Crippen LogP) is 2.09. The Morgan fingerprint density at radius 3 is 3.00 bits per heavy atom. The fourth-order valence-corrected chi connectivity index (χ4v) is 2.00. The highest BCUT2D eigenvalue weighted by molar-refractivity contribution is 9.10. The van der Waals surface area contributed by atoms with E-state index in [0.29, 0.717) is 17.6 Å². The molecule has 0 bridgehead atoms. The first kappa shape index (κ1) is 14.0. The molecule has 2 aromatic rings. The van der Waals surface area contributed by atoms with Crippen LogP contribution in [-0.2, 0) is 13.1 Å². The molecule has 0 spiro atoms. The van der Waals surface area contributed by atoms with Gasteiger partial charge in [0, 0.05) is 5.69 Å². The summed E-state index contributed by atoms with van der Waals surface area (Å²) in [6.07, 6.45) is 1.76. The first-order chi connectivity index (χ1) is 9.10. The first-order valence-corrected chi connectivity index (χ1v) is 6.59. The number of anilines is 1. The molecule has 1 heterocycles. The van der Waals surface area contributed by atoms with Crippen molar-refractivity contribution in [3.8, 4) is 0 Å². The highest BCUT2D eigenvalue weighted by Crippen LogP contribution is 2.24. The van der Waals surface area contributed by atoms with Gasteiger partial charge in [-0.15, -0.1) is 5.10 Å². The molecule has 0 saturated heterocycles. The van der Waals surface area contributed by atoms with E-state index in [9.17, 15) is 4.39 Å². The Balaban J connectivity index is 2.03. The van der Waals surface area contributed by atoms with Gasteiger partial charge in [0.05, 0.1) is 30.4 Å². The van der Waals surface area contributed by atoms with Gasteiger partial charge in [-0.1, -0.05) is 5.21 Å². The maximum Gasteiger partial charge on any atom is 0.137 e. The van der Waals surface area contributed by atoms with Crippen molar-refractivity contribution in [1.29, 1.82) is 0 Å². The Kier molecular flexibility index (Phi) is 4.49. The van der Waals surface area contributed by atoms with E-state index in [2.05, 4.69) is 31.6 Å². The Labute approximate surface area is 118 Å². The third-order valence-electron chi connectivity index (χ3n) is 2.64. The summed E-state index contributed by atoms with van der Waals surface area (Å²) in [5.74, 6) is -0.281.